The summed E-state index contributed by atoms with van der Waals surface area (Å²) in [6.45, 7) is 6.77. The number of aromatic amines is 1. The Morgan fingerprint density at radius 1 is 0.966 bits per heavy atom. The molecule has 1 atom stereocenters. The molecule has 0 spiro atoms. The van der Waals surface area contributed by atoms with Crippen LogP contribution in [0.3, 0.4) is 0 Å². The van der Waals surface area contributed by atoms with Crippen LogP contribution in [0.1, 0.15) is 40.1 Å². The molecule has 6 heteroatoms. The standard InChI is InChI=1S/C23H22ClN5/c1-13-4-6-16(7-5-13)22-21-18(19-12-17(24)8-9-20(19)28-21)10-11-29(22)23-26-14(2)25-15(3)27-23/h4-9,12,22,28H,10-11H2,1-3H3. The van der Waals surface area contributed by atoms with Crippen molar-refractivity contribution in [2.45, 2.75) is 33.2 Å². The first-order valence-corrected chi connectivity index (χ1v) is 10.2. The number of hydrogen-bond acceptors (Lipinski definition) is 4. The smallest absolute Gasteiger partial charge is 0.229 e. The summed E-state index contributed by atoms with van der Waals surface area (Å²) < 4.78 is 0. The van der Waals surface area contributed by atoms with Gasteiger partial charge in [-0.3, -0.25) is 0 Å². The lowest BCUT2D eigenvalue weighted by Gasteiger charge is -2.36. The Bertz CT molecular complexity index is 1190. The highest BCUT2D eigenvalue weighted by Gasteiger charge is 2.33. The van der Waals surface area contributed by atoms with Gasteiger partial charge in [0.05, 0.1) is 6.04 Å². The number of fused-ring (bicyclic) bond motifs is 3. The third-order valence-corrected chi connectivity index (χ3v) is 5.82. The van der Waals surface area contributed by atoms with Crippen LogP contribution in [0.15, 0.2) is 42.5 Å². The van der Waals surface area contributed by atoms with Crippen LogP contribution >= 0.6 is 11.6 Å². The molecule has 0 fully saturated rings. The summed E-state index contributed by atoms with van der Waals surface area (Å²) in [6.07, 6.45) is 0.905. The summed E-state index contributed by atoms with van der Waals surface area (Å²) in [5.41, 5.74) is 6.08. The third-order valence-electron chi connectivity index (χ3n) is 5.59. The van der Waals surface area contributed by atoms with Gasteiger partial charge in [0, 0.05) is 28.2 Å². The van der Waals surface area contributed by atoms with E-state index in [0.717, 1.165) is 41.1 Å². The maximum atomic E-state index is 6.30. The number of halogens is 1. The highest BCUT2D eigenvalue weighted by atomic mass is 35.5. The van der Waals surface area contributed by atoms with Crippen LogP contribution in [0.4, 0.5) is 5.95 Å². The zero-order chi connectivity index (χ0) is 20.1. The number of H-pyrrole nitrogens is 1. The zero-order valence-electron chi connectivity index (χ0n) is 16.7. The van der Waals surface area contributed by atoms with Gasteiger partial charge in [-0.25, -0.2) is 4.98 Å². The number of nitrogens with zero attached hydrogens (tertiary/aromatic N) is 4. The third kappa shape index (κ3) is 3.15. The Morgan fingerprint density at radius 2 is 1.69 bits per heavy atom. The summed E-state index contributed by atoms with van der Waals surface area (Å²) in [5.74, 6) is 2.21. The quantitative estimate of drug-likeness (QED) is 0.506. The molecular weight excluding hydrogens is 382 g/mol. The molecule has 0 aliphatic carbocycles. The minimum Gasteiger partial charge on any atom is -0.356 e. The summed E-state index contributed by atoms with van der Waals surface area (Å²) in [7, 11) is 0. The molecule has 29 heavy (non-hydrogen) atoms. The Kier molecular flexibility index (Phi) is 4.28. The van der Waals surface area contributed by atoms with Gasteiger partial charge in [0.2, 0.25) is 5.95 Å². The predicted molar refractivity (Wildman–Crippen MR) is 117 cm³/mol. The number of rotatable bonds is 2. The van der Waals surface area contributed by atoms with Crippen molar-refractivity contribution in [2.24, 2.45) is 0 Å². The molecule has 0 saturated heterocycles. The van der Waals surface area contributed by atoms with Crippen LogP contribution in [0.5, 0.6) is 0 Å². The van der Waals surface area contributed by atoms with Gasteiger partial charge in [-0.1, -0.05) is 41.4 Å². The second kappa shape index (κ2) is 6.85. The first-order chi connectivity index (χ1) is 14.0. The monoisotopic (exact) mass is 403 g/mol. The minimum absolute atomic E-state index is 0.00623. The van der Waals surface area contributed by atoms with Crippen molar-refractivity contribution in [1.29, 1.82) is 0 Å². The van der Waals surface area contributed by atoms with Gasteiger partial charge in [0.1, 0.15) is 11.6 Å². The van der Waals surface area contributed by atoms with Crippen LogP contribution in [0.2, 0.25) is 5.02 Å². The SMILES string of the molecule is Cc1ccc(C2c3[nH]c4ccc(Cl)cc4c3CCN2c2nc(C)nc(C)n2)cc1. The highest BCUT2D eigenvalue weighted by Crippen LogP contribution is 2.40. The molecule has 146 valence electrons. The van der Waals surface area contributed by atoms with E-state index in [-0.39, 0.29) is 6.04 Å². The number of aromatic nitrogens is 4. The molecule has 2 aromatic carbocycles. The number of aryl methyl sites for hydroxylation is 3. The number of anilines is 1. The molecule has 0 radical (unpaired) electrons. The molecule has 1 unspecified atom stereocenters. The average Bonchev–Trinajstić information content (AvgIpc) is 3.05. The highest BCUT2D eigenvalue weighted by molar-refractivity contribution is 6.31. The fourth-order valence-electron chi connectivity index (χ4n) is 4.30. The summed E-state index contributed by atoms with van der Waals surface area (Å²) in [6, 6.07) is 14.8. The topological polar surface area (TPSA) is 57.7 Å². The van der Waals surface area contributed by atoms with E-state index in [1.165, 1.54) is 27.8 Å². The molecule has 1 aliphatic heterocycles. The van der Waals surface area contributed by atoms with Crippen molar-refractivity contribution in [2.75, 3.05) is 11.4 Å². The van der Waals surface area contributed by atoms with Gasteiger partial charge in [-0.15, -0.1) is 0 Å². The van der Waals surface area contributed by atoms with Gasteiger partial charge >= 0.3 is 0 Å². The lowest BCUT2D eigenvalue weighted by atomic mass is 9.92. The van der Waals surface area contributed by atoms with Gasteiger partial charge in [0.15, 0.2) is 0 Å². The summed E-state index contributed by atoms with van der Waals surface area (Å²) >= 11 is 6.30. The average molecular weight is 404 g/mol. The largest absolute Gasteiger partial charge is 0.356 e. The lowest BCUT2D eigenvalue weighted by Crippen LogP contribution is -2.37. The molecule has 0 saturated carbocycles. The first kappa shape index (κ1) is 18.1. The van der Waals surface area contributed by atoms with Crippen LogP contribution in [0.25, 0.3) is 10.9 Å². The number of nitrogens with one attached hydrogen (secondary N) is 1. The molecule has 1 aliphatic rings. The molecular formula is C23H22ClN5. The molecule has 1 N–H and O–H groups in total. The molecule has 5 nitrogen and oxygen atoms in total. The van der Waals surface area contributed by atoms with E-state index in [2.05, 4.69) is 68.2 Å². The fourth-order valence-corrected chi connectivity index (χ4v) is 4.47. The maximum absolute atomic E-state index is 6.30. The van der Waals surface area contributed by atoms with E-state index in [4.69, 9.17) is 11.6 Å². The van der Waals surface area contributed by atoms with Gasteiger partial charge < -0.3 is 9.88 Å². The van der Waals surface area contributed by atoms with E-state index in [1.807, 2.05) is 19.9 Å². The normalized spacial score (nSPS) is 16.3. The van der Waals surface area contributed by atoms with Crippen molar-refractivity contribution in [3.8, 4) is 0 Å². The molecule has 0 amide bonds. The number of hydrogen-bond donors (Lipinski definition) is 1. The Hall–Kier alpha value is -2.92. The maximum Gasteiger partial charge on any atom is 0.229 e. The lowest BCUT2D eigenvalue weighted by molar-refractivity contribution is 0.620. The Balaban J connectivity index is 1.72. The van der Waals surface area contributed by atoms with E-state index in [1.54, 1.807) is 0 Å². The van der Waals surface area contributed by atoms with Crippen molar-refractivity contribution in [3.63, 3.8) is 0 Å². The van der Waals surface area contributed by atoms with E-state index in [9.17, 15) is 0 Å². The van der Waals surface area contributed by atoms with Crippen LogP contribution in [-0.2, 0) is 6.42 Å². The van der Waals surface area contributed by atoms with Crippen molar-refractivity contribution in [1.82, 2.24) is 19.9 Å². The Labute approximate surface area is 174 Å². The van der Waals surface area contributed by atoms with Crippen LogP contribution < -0.4 is 4.90 Å². The second-order valence-corrected chi connectivity index (χ2v) is 8.13. The van der Waals surface area contributed by atoms with Gasteiger partial charge in [-0.05, 0) is 56.5 Å². The Morgan fingerprint density at radius 3 is 2.41 bits per heavy atom. The van der Waals surface area contributed by atoms with E-state index < -0.39 is 0 Å². The van der Waals surface area contributed by atoms with Gasteiger partial charge in [0.25, 0.3) is 0 Å². The first-order valence-electron chi connectivity index (χ1n) is 9.82. The summed E-state index contributed by atoms with van der Waals surface area (Å²) in [5, 5.41) is 1.96. The molecule has 4 aromatic rings. The van der Waals surface area contributed by atoms with Crippen molar-refractivity contribution >= 4 is 28.5 Å². The van der Waals surface area contributed by atoms with E-state index in [0.29, 0.717) is 0 Å². The van der Waals surface area contributed by atoms with Crippen molar-refractivity contribution in [3.05, 3.63) is 81.5 Å². The molecule has 5 rings (SSSR count). The van der Waals surface area contributed by atoms with Crippen LogP contribution in [0, 0.1) is 20.8 Å². The molecule has 3 heterocycles. The van der Waals surface area contributed by atoms with Gasteiger partial charge in [-0.2, -0.15) is 9.97 Å². The summed E-state index contributed by atoms with van der Waals surface area (Å²) in [4.78, 5) is 19.6. The fraction of sp³-hybridized carbons (Fsp3) is 0.261. The second-order valence-electron chi connectivity index (χ2n) is 7.69. The van der Waals surface area contributed by atoms with E-state index >= 15 is 0 Å². The minimum atomic E-state index is 0.00623. The predicted octanol–water partition coefficient (Wildman–Crippen LogP) is 5.08. The molecule has 2 aromatic heterocycles. The molecule has 0 bridgehead atoms. The number of benzene rings is 2. The zero-order valence-corrected chi connectivity index (χ0v) is 17.5. The van der Waals surface area contributed by atoms with Crippen LogP contribution in [-0.4, -0.2) is 26.5 Å². The van der Waals surface area contributed by atoms with Crippen molar-refractivity contribution < 1.29 is 0 Å².